The van der Waals surface area contributed by atoms with Crippen molar-refractivity contribution in [1.29, 1.82) is 0 Å². The molecule has 0 aliphatic carbocycles. The number of rotatable bonds is 5. The number of piperazine rings is 1. The van der Waals surface area contributed by atoms with E-state index >= 15 is 0 Å². The van der Waals surface area contributed by atoms with Crippen molar-refractivity contribution >= 4 is 34.5 Å². The Morgan fingerprint density at radius 3 is 2.58 bits per heavy atom. The molecular weight excluding hydrogens is 452 g/mol. The number of anilines is 1. The van der Waals surface area contributed by atoms with Crippen LogP contribution in [0.1, 0.15) is 5.56 Å². The average Bonchev–Trinajstić information content (AvgIpc) is 3.49. The second-order valence-corrected chi connectivity index (χ2v) is 9.57. The lowest BCUT2D eigenvalue weighted by Gasteiger charge is -2.36. The molecule has 7 heteroatoms. The fourth-order valence-electron chi connectivity index (χ4n) is 4.13. The van der Waals surface area contributed by atoms with Gasteiger partial charge in [0.1, 0.15) is 11.6 Å². The SMILES string of the molecule is Cc1ccc(-c2csc(-c3cccn3CC(=O)N3CCN(c4cccc(Cl)c4)CC3)n2)cc1. The Bertz CT molecular complexity index is 1260. The van der Waals surface area contributed by atoms with Crippen molar-refractivity contribution in [1.82, 2.24) is 14.5 Å². The fraction of sp³-hybridized carbons (Fsp3) is 0.231. The van der Waals surface area contributed by atoms with Gasteiger partial charge in [0.15, 0.2) is 0 Å². The minimum Gasteiger partial charge on any atom is -0.368 e. The Labute approximate surface area is 202 Å². The maximum absolute atomic E-state index is 13.1. The molecule has 0 saturated carbocycles. The Morgan fingerprint density at radius 2 is 1.82 bits per heavy atom. The summed E-state index contributed by atoms with van der Waals surface area (Å²) >= 11 is 7.74. The van der Waals surface area contributed by atoms with Crippen molar-refractivity contribution in [2.24, 2.45) is 0 Å². The third-order valence-corrected chi connectivity index (χ3v) is 7.11. The summed E-state index contributed by atoms with van der Waals surface area (Å²) in [7, 11) is 0. The molecule has 1 aliphatic heterocycles. The second kappa shape index (κ2) is 9.41. The second-order valence-electron chi connectivity index (χ2n) is 8.27. The molecule has 5 nitrogen and oxygen atoms in total. The summed E-state index contributed by atoms with van der Waals surface area (Å²) in [5.74, 6) is 0.133. The quantitative estimate of drug-likeness (QED) is 0.377. The minimum atomic E-state index is 0.133. The van der Waals surface area contributed by atoms with Gasteiger partial charge in [0.2, 0.25) is 5.91 Å². The van der Waals surface area contributed by atoms with Crippen LogP contribution in [-0.4, -0.2) is 46.5 Å². The fourth-order valence-corrected chi connectivity index (χ4v) is 5.18. The molecule has 0 radical (unpaired) electrons. The van der Waals surface area contributed by atoms with E-state index in [2.05, 4.69) is 47.5 Å². The molecule has 1 fully saturated rings. The Balaban J connectivity index is 1.24. The molecule has 1 aliphatic rings. The number of nitrogens with zero attached hydrogens (tertiary/aromatic N) is 4. The number of halogens is 1. The van der Waals surface area contributed by atoms with Crippen LogP contribution in [0.4, 0.5) is 5.69 Å². The van der Waals surface area contributed by atoms with Crippen LogP contribution in [0.15, 0.2) is 72.2 Å². The first-order chi connectivity index (χ1) is 16.1. The standard InChI is InChI=1S/C26H25ClN4OS/c1-19-7-9-20(10-8-19)23-18-33-26(28-23)24-6-3-11-31(24)17-25(32)30-14-12-29(13-15-30)22-5-2-4-21(27)16-22/h2-11,16,18H,12-15,17H2,1H3. The molecule has 0 atom stereocenters. The first-order valence-electron chi connectivity index (χ1n) is 11.0. The van der Waals surface area contributed by atoms with Gasteiger partial charge in [0.05, 0.1) is 11.4 Å². The van der Waals surface area contributed by atoms with Crippen LogP contribution in [0.3, 0.4) is 0 Å². The van der Waals surface area contributed by atoms with E-state index in [4.69, 9.17) is 16.6 Å². The van der Waals surface area contributed by atoms with Gasteiger partial charge in [-0.15, -0.1) is 11.3 Å². The van der Waals surface area contributed by atoms with Crippen LogP contribution in [0, 0.1) is 6.92 Å². The van der Waals surface area contributed by atoms with Gasteiger partial charge < -0.3 is 14.4 Å². The number of hydrogen-bond donors (Lipinski definition) is 0. The summed E-state index contributed by atoms with van der Waals surface area (Å²) in [5, 5.41) is 3.74. The average molecular weight is 477 g/mol. The minimum absolute atomic E-state index is 0.133. The largest absolute Gasteiger partial charge is 0.368 e. The van der Waals surface area contributed by atoms with Gasteiger partial charge >= 0.3 is 0 Å². The van der Waals surface area contributed by atoms with Crippen molar-refractivity contribution in [2.45, 2.75) is 13.5 Å². The number of amides is 1. The first kappa shape index (κ1) is 21.7. The lowest BCUT2D eigenvalue weighted by Crippen LogP contribution is -2.49. The molecule has 0 bridgehead atoms. The Hall–Kier alpha value is -3.09. The van der Waals surface area contributed by atoms with Crippen molar-refractivity contribution < 1.29 is 4.79 Å². The van der Waals surface area contributed by atoms with Gasteiger partial charge in [0, 0.05) is 54.0 Å². The molecule has 0 N–H and O–H groups in total. The van der Waals surface area contributed by atoms with Gasteiger partial charge in [0.25, 0.3) is 0 Å². The number of carbonyl (C=O) groups is 1. The van der Waals surface area contributed by atoms with Crippen LogP contribution in [-0.2, 0) is 11.3 Å². The maximum atomic E-state index is 13.1. The predicted octanol–water partition coefficient (Wildman–Crippen LogP) is 5.59. The normalized spacial score (nSPS) is 14.0. The van der Waals surface area contributed by atoms with E-state index in [0.29, 0.717) is 19.6 Å². The zero-order valence-electron chi connectivity index (χ0n) is 18.4. The van der Waals surface area contributed by atoms with Crippen LogP contribution in [0.2, 0.25) is 5.02 Å². The van der Waals surface area contributed by atoms with E-state index in [9.17, 15) is 4.79 Å². The van der Waals surface area contributed by atoms with Crippen LogP contribution >= 0.6 is 22.9 Å². The zero-order chi connectivity index (χ0) is 22.8. The highest BCUT2D eigenvalue weighted by Crippen LogP contribution is 2.29. The highest BCUT2D eigenvalue weighted by Gasteiger charge is 2.22. The van der Waals surface area contributed by atoms with E-state index in [1.165, 1.54) is 5.56 Å². The summed E-state index contributed by atoms with van der Waals surface area (Å²) in [6, 6.07) is 20.3. The van der Waals surface area contributed by atoms with Gasteiger partial charge in [-0.3, -0.25) is 4.79 Å². The van der Waals surface area contributed by atoms with E-state index in [-0.39, 0.29) is 5.91 Å². The lowest BCUT2D eigenvalue weighted by molar-refractivity contribution is -0.132. The van der Waals surface area contributed by atoms with Gasteiger partial charge in [-0.1, -0.05) is 47.5 Å². The molecule has 0 spiro atoms. The van der Waals surface area contributed by atoms with Crippen molar-refractivity contribution in [3.63, 3.8) is 0 Å². The molecule has 2 aromatic heterocycles. The molecule has 4 aromatic rings. The van der Waals surface area contributed by atoms with Crippen molar-refractivity contribution in [3.8, 4) is 22.0 Å². The summed E-state index contributed by atoms with van der Waals surface area (Å²) in [6.07, 6.45) is 1.96. The molecule has 2 aromatic carbocycles. The van der Waals surface area contributed by atoms with E-state index in [1.807, 2.05) is 46.0 Å². The molecule has 33 heavy (non-hydrogen) atoms. The number of hydrogen-bond acceptors (Lipinski definition) is 4. The third-order valence-electron chi connectivity index (χ3n) is 6.01. The number of benzene rings is 2. The third kappa shape index (κ3) is 4.82. The van der Waals surface area contributed by atoms with E-state index in [1.54, 1.807) is 11.3 Å². The molecule has 3 heterocycles. The molecule has 5 rings (SSSR count). The number of aromatic nitrogens is 2. The molecular formula is C26H25ClN4OS. The number of aryl methyl sites for hydroxylation is 1. The smallest absolute Gasteiger partial charge is 0.242 e. The molecule has 1 saturated heterocycles. The summed E-state index contributed by atoms with van der Waals surface area (Å²) in [4.78, 5) is 22.1. The first-order valence-corrected chi connectivity index (χ1v) is 12.3. The van der Waals surface area contributed by atoms with Crippen LogP contribution < -0.4 is 4.90 Å². The van der Waals surface area contributed by atoms with E-state index < -0.39 is 0 Å². The van der Waals surface area contributed by atoms with Gasteiger partial charge in [-0.2, -0.15) is 0 Å². The highest BCUT2D eigenvalue weighted by atomic mass is 35.5. The van der Waals surface area contributed by atoms with Crippen molar-refractivity contribution in [2.75, 3.05) is 31.1 Å². The summed E-state index contributed by atoms with van der Waals surface area (Å²) < 4.78 is 2.00. The summed E-state index contributed by atoms with van der Waals surface area (Å²) in [5.41, 5.74) is 5.38. The monoisotopic (exact) mass is 476 g/mol. The Morgan fingerprint density at radius 1 is 1.03 bits per heavy atom. The van der Waals surface area contributed by atoms with Crippen LogP contribution in [0.25, 0.3) is 22.0 Å². The maximum Gasteiger partial charge on any atom is 0.242 e. The van der Waals surface area contributed by atoms with E-state index in [0.717, 1.165) is 45.8 Å². The van der Waals surface area contributed by atoms with Crippen LogP contribution in [0.5, 0.6) is 0 Å². The van der Waals surface area contributed by atoms with Crippen molar-refractivity contribution in [3.05, 3.63) is 82.8 Å². The van der Waals surface area contributed by atoms with Gasteiger partial charge in [-0.25, -0.2) is 4.98 Å². The molecule has 1 amide bonds. The number of carbonyl (C=O) groups excluding carboxylic acids is 1. The molecule has 168 valence electrons. The summed E-state index contributed by atoms with van der Waals surface area (Å²) in [6.45, 7) is 5.41. The predicted molar refractivity (Wildman–Crippen MR) is 136 cm³/mol. The topological polar surface area (TPSA) is 41.4 Å². The lowest BCUT2D eigenvalue weighted by atomic mass is 10.1. The number of thiazole rings is 1. The van der Waals surface area contributed by atoms with Gasteiger partial charge in [-0.05, 0) is 37.3 Å². The molecule has 0 unspecified atom stereocenters. The Kier molecular flexibility index (Phi) is 6.20. The zero-order valence-corrected chi connectivity index (χ0v) is 20.0. The highest BCUT2D eigenvalue weighted by molar-refractivity contribution is 7.13.